The molecule has 0 bridgehead atoms. The van der Waals surface area contributed by atoms with Crippen molar-refractivity contribution in [3.8, 4) is 17.6 Å². The molecule has 0 fully saturated rings. The Bertz CT molecular complexity index is 1340. The Balaban J connectivity index is 1.93. The van der Waals surface area contributed by atoms with Crippen molar-refractivity contribution >= 4 is 21.5 Å². The lowest BCUT2D eigenvalue weighted by molar-refractivity contribution is -0.118. The lowest BCUT2D eigenvalue weighted by Gasteiger charge is -2.10. The van der Waals surface area contributed by atoms with Gasteiger partial charge in [-0.25, -0.2) is 4.21 Å². The van der Waals surface area contributed by atoms with E-state index in [-0.39, 0.29) is 29.4 Å². The third kappa shape index (κ3) is 6.74. The summed E-state index contributed by atoms with van der Waals surface area (Å²) >= 11 is 0. The number of carbonyl (C=O) groups is 2. The fourth-order valence-corrected chi connectivity index (χ4v) is 4.52. The van der Waals surface area contributed by atoms with Crippen LogP contribution in [0.2, 0.25) is 0 Å². The number of aromatic hydroxyl groups is 1. The summed E-state index contributed by atoms with van der Waals surface area (Å²) < 4.78 is 17.5. The van der Waals surface area contributed by atoms with Crippen LogP contribution in [0.15, 0.2) is 82.3 Å². The molecule has 0 aliphatic rings. The molecular formula is C24H21N3O5S. The van der Waals surface area contributed by atoms with Gasteiger partial charge in [-0.15, -0.1) is 0 Å². The van der Waals surface area contributed by atoms with E-state index >= 15 is 0 Å². The average Bonchev–Trinajstić information content (AvgIpc) is 2.82. The number of amides is 2. The first kappa shape index (κ1) is 23.7. The molecule has 9 heteroatoms. The van der Waals surface area contributed by atoms with Gasteiger partial charge in [0.25, 0.3) is 5.91 Å². The van der Waals surface area contributed by atoms with Crippen LogP contribution in [0.1, 0.15) is 21.5 Å². The van der Waals surface area contributed by atoms with Crippen LogP contribution in [0, 0.1) is 11.8 Å². The van der Waals surface area contributed by atoms with Crippen LogP contribution < -0.4 is 5.32 Å². The van der Waals surface area contributed by atoms with E-state index < -0.39 is 27.3 Å². The van der Waals surface area contributed by atoms with E-state index in [0.717, 1.165) is 0 Å². The highest BCUT2D eigenvalue weighted by Gasteiger charge is 2.20. The second kappa shape index (κ2) is 11.0. The summed E-state index contributed by atoms with van der Waals surface area (Å²) in [5.41, 5.74) is 1.07. The lowest BCUT2D eigenvalue weighted by atomic mass is 10.1. The molecule has 168 valence electrons. The van der Waals surface area contributed by atoms with Crippen molar-refractivity contribution < 1.29 is 24.0 Å². The van der Waals surface area contributed by atoms with Crippen LogP contribution in [-0.2, 0) is 14.5 Å². The Labute approximate surface area is 191 Å². The van der Waals surface area contributed by atoms with Crippen LogP contribution in [0.25, 0.3) is 0 Å². The number of carbonyl (C=O) groups excluding carboxylic acids is 2. The Kier molecular flexibility index (Phi) is 7.91. The molecule has 3 N–H and O–H groups in total. The molecule has 1 atom stereocenters. The predicted molar refractivity (Wildman–Crippen MR) is 123 cm³/mol. The number of pyridine rings is 1. The standard InChI is InChI=1S/C24H21N3O5S/c28-12-11-26-23(30)17-33(32,22-7-2-1-3-8-22)27-24(31)20-13-19(15-25-16-20)10-9-18-5-4-6-21(29)14-18/h1-8,13-16,28-29H,11-12,17H2,(H,26,30). The number of aliphatic hydroxyl groups is 1. The van der Waals surface area contributed by atoms with Gasteiger partial charge in [0.2, 0.25) is 5.91 Å². The number of hydrogen-bond acceptors (Lipinski definition) is 6. The molecule has 0 spiro atoms. The second-order valence-electron chi connectivity index (χ2n) is 6.83. The largest absolute Gasteiger partial charge is 0.508 e. The number of phenols is 1. The van der Waals surface area contributed by atoms with Crippen molar-refractivity contribution in [1.29, 1.82) is 0 Å². The van der Waals surface area contributed by atoms with E-state index in [1.807, 2.05) is 0 Å². The number of nitrogens with one attached hydrogen (secondary N) is 1. The maximum absolute atomic E-state index is 13.6. The molecule has 3 rings (SSSR count). The number of nitrogens with zero attached hydrogens (tertiary/aromatic N) is 2. The lowest BCUT2D eigenvalue weighted by Crippen LogP contribution is -2.32. The van der Waals surface area contributed by atoms with Gasteiger partial charge < -0.3 is 15.5 Å². The molecule has 0 aliphatic carbocycles. The summed E-state index contributed by atoms with van der Waals surface area (Å²) in [6.45, 7) is -0.267. The summed E-state index contributed by atoms with van der Waals surface area (Å²) in [6.07, 6.45) is 2.74. The fraction of sp³-hybridized carbons (Fsp3) is 0.125. The molecule has 8 nitrogen and oxygen atoms in total. The highest BCUT2D eigenvalue weighted by Crippen LogP contribution is 2.16. The van der Waals surface area contributed by atoms with Crippen LogP contribution in [-0.4, -0.2) is 50.1 Å². The third-order valence-corrected chi connectivity index (χ3v) is 6.41. The highest BCUT2D eigenvalue weighted by molar-refractivity contribution is 7.94. The molecule has 3 aromatic rings. The van der Waals surface area contributed by atoms with E-state index in [1.165, 1.54) is 42.7 Å². The minimum atomic E-state index is -3.43. The van der Waals surface area contributed by atoms with Crippen molar-refractivity contribution in [1.82, 2.24) is 10.3 Å². The maximum atomic E-state index is 13.6. The molecule has 0 radical (unpaired) electrons. The van der Waals surface area contributed by atoms with Crippen molar-refractivity contribution in [3.63, 3.8) is 0 Å². The molecule has 33 heavy (non-hydrogen) atoms. The summed E-state index contributed by atoms with van der Waals surface area (Å²) in [5, 5.41) is 20.8. The zero-order valence-corrected chi connectivity index (χ0v) is 18.3. The van der Waals surface area contributed by atoms with Gasteiger partial charge in [0.15, 0.2) is 0 Å². The molecule has 0 saturated heterocycles. The number of aliphatic hydroxyl groups excluding tert-OH is 1. The number of benzene rings is 2. The van der Waals surface area contributed by atoms with Crippen molar-refractivity contribution in [2.24, 2.45) is 4.36 Å². The minimum Gasteiger partial charge on any atom is -0.508 e. The maximum Gasteiger partial charge on any atom is 0.286 e. The molecule has 1 unspecified atom stereocenters. The Hall–Kier alpha value is -4.00. The number of hydrogen-bond donors (Lipinski definition) is 3. The highest BCUT2D eigenvalue weighted by atomic mass is 32.2. The van der Waals surface area contributed by atoms with Crippen LogP contribution in [0.5, 0.6) is 5.75 Å². The van der Waals surface area contributed by atoms with Crippen LogP contribution >= 0.6 is 0 Å². The predicted octanol–water partition coefficient (Wildman–Crippen LogP) is 1.96. The van der Waals surface area contributed by atoms with Gasteiger partial charge in [-0.2, -0.15) is 4.36 Å². The van der Waals surface area contributed by atoms with Gasteiger partial charge in [0, 0.05) is 35.0 Å². The summed E-state index contributed by atoms with van der Waals surface area (Å²) in [4.78, 5) is 29.3. The van der Waals surface area contributed by atoms with E-state index in [9.17, 15) is 18.9 Å². The zero-order valence-electron chi connectivity index (χ0n) is 17.5. The number of rotatable bonds is 6. The summed E-state index contributed by atoms with van der Waals surface area (Å²) in [6, 6.07) is 15.9. The summed E-state index contributed by atoms with van der Waals surface area (Å²) in [7, 11) is -3.43. The first-order chi connectivity index (χ1) is 15.9. The Morgan fingerprint density at radius 3 is 2.48 bits per heavy atom. The van der Waals surface area contributed by atoms with Crippen molar-refractivity contribution in [2.75, 3.05) is 18.9 Å². The first-order valence-electron chi connectivity index (χ1n) is 9.87. The smallest absolute Gasteiger partial charge is 0.286 e. The average molecular weight is 464 g/mol. The number of phenolic OH excluding ortho intramolecular Hbond substituents is 1. The SMILES string of the molecule is O=C(CS(=O)(=NC(=O)c1cncc(C#Cc2cccc(O)c2)c1)c1ccccc1)NCCO. The van der Waals surface area contributed by atoms with Gasteiger partial charge in [-0.05, 0) is 36.4 Å². The van der Waals surface area contributed by atoms with Crippen LogP contribution in [0.3, 0.4) is 0 Å². The van der Waals surface area contributed by atoms with Crippen molar-refractivity contribution in [3.05, 3.63) is 89.7 Å². The third-order valence-electron chi connectivity index (χ3n) is 4.29. The first-order valence-corrected chi connectivity index (χ1v) is 11.6. The van der Waals surface area contributed by atoms with E-state index in [2.05, 4.69) is 26.5 Å². The number of aromatic nitrogens is 1. The molecule has 2 aromatic carbocycles. The fourth-order valence-electron chi connectivity index (χ4n) is 2.77. The van der Waals surface area contributed by atoms with Crippen LogP contribution in [0.4, 0.5) is 0 Å². The summed E-state index contributed by atoms with van der Waals surface area (Å²) in [5.74, 6) is 3.88. The van der Waals surface area contributed by atoms with Gasteiger partial charge in [0.1, 0.15) is 11.5 Å². The van der Waals surface area contributed by atoms with Gasteiger partial charge in [-0.1, -0.05) is 36.1 Å². The van der Waals surface area contributed by atoms with Gasteiger partial charge in [0.05, 0.1) is 21.9 Å². The minimum absolute atomic E-state index is 0.000906. The van der Waals surface area contributed by atoms with Gasteiger partial charge in [-0.3, -0.25) is 14.6 Å². The molecule has 0 aliphatic heterocycles. The monoisotopic (exact) mass is 463 g/mol. The zero-order chi connectivity index (χ0) is 23.7. The van der Waals surface area contributed by atoms with E-state index in [4.69, 9.17) is 5.11 Å². The molecule has 1 heterocycles. The van der Waals surface area contributed by atoms with Crippen molar-refractivity contribution in [2.45, 2.75) is 4.90 Å². The quantitative estimate of drug-likeness (QED) is 0.480. The Morgan fingerprint density at radius 1 is 1.00 bits per heavy atom. The van der Waals surface area contributed by atoms with E-state index in [0.29, 0.717) is 11.1 Å². The van der Waals surface area contributed by atoms with E-state index in [1.54, 1.807) is 30.3 Å². The second-order valence-corrected chi connectivity index (χ2v) is 9.05. The molecule has 2 amide bonds. The Morgan fingerprint density at radius 2 is 1.76 bits per heavy atom. The molecule has 0 saturated carbocycles. The normalized spacial score (nSPS) is 12.0. The molecule has 1 aromatic heterocycles. The molecular weight excluding hydrogens is 442 g/mol. The van der Waals surface area contributed by atoms with Gasteiger partial charge >= 0.3 is 0 Å². The topological polar surface area (TPSA) is 129 Å².